The van der Waals surface area contributed by atoms with Gasteiger partial charge in [-0.2, -0.15) is 0 Å². The van der Waals surface area contributed by atoms with Crippen molar-refractivity contribution in [2.24, 2.45) is 11.8 Å². The highest BCUT2D eigenvalue weighted by Gasteiger charge is 2.35. The Kier molecular flexibility index (Phi) is 6.33. The Morgan fingerprint density at radius 3 is 2.46 bits per heavy atom. The molecule has 1 aromatic rings. The van der Waals surface area contributed by atoms with Gasteiger partial charge in [0.05, 0.1) is 0 Å². The van der Waals surface area contributed by atoms with Crippen LogP contribution in [0.5, 0.6) is 0 Å². The van der Waals surface area contributed by atoms with Crippen LogP contribution in [0.3, 0.4) is 0 Å². The van der Waals surface area contributed by atoms with E-state index in [9.17, 15) is 9.59 Å². The molecule has 1 aromatic carbocycles. The molecule has 1 N–H and O–H groups in total. The van der Waals surface area contributed by atoms with E-state index in [2.05, 4.69) is 24.1 Å². The molecule has 1 unspecified atom stereocenters. The van der Waals surface area contributed by atoms with Crippen LogP contribution >= 0.6 is 0 Å². The summed E-state index contributed by atoms with van der Waals surface area (Å²) in [5, 5.41) is 2.96. The first kappa shape index (κ1) is 18.9. The Morgan fingerprint density at radius 2 is 1.73 bits per heavy atom. The van der Waals surface area contributed by atoms with E-state index in [1.54, 1.807) is 12.1 Å². The monoisotopic (exact) mass is 356 g/mol. The molecule has 2 fully saturated rings. The fourth-order valence-electron chi connectivity index (χ4n) is 4.32. The highest BCUT2D eigenvalue weighted by atomic mass is 16.2. The Labute approximate surface area is 157 Å². The molecule has 0 bridgehead atoms. The fraction of sp³-hybridized carbons (Fsp3) is 0.636. The second-order valence-electron chi connectivity index (χ2n) is 8.05. The molecular formula is C22H32N2O2. The Balaban J connectivity index is 1.64. The Hall–Kier alpha value is -1.84. The number of amides is 2. The van der Waals surface area contributed by atoms with Crippen molar-refractivity contribution in [1.29, 1.82) is 0 Å². The molecule has 1 saturated heterocycles. The van der Waals surface area contributed by atoms with Gasteiger partial charge < -0.3 is 10.2 Å². The lowest BCUT2D eigenvalue weighted by Crippen LogP contribution is -2.49. The number of hydrogen-bond donors (Lipinski definition) is 1. The molecular weight excluding hydrogens is 324 g/mol. The summed E-state index contributed by atoms with van der Waals surface area (Å²) in [5.41, 5.74) is 1.33. The molecule has 2 aliphatic rings. The average Bonchev–Trinajstić information content (AvgIpc) is 2.70. The molecule has 26 heavy (non-hydrogen) atoms. The van der Waals surface area contributed by atoms with Gasteiger partial charge in [-0.1, -0.05) is 33.1 Å². The topological polar surface area (TPSA) is 49.4 Å². The minimum absolute atomic E-state index is 0.0605. The van der Waals surface area contributed by atoms with Gasteiger partial charge in [-0.05, 0) is 61.8 Å². The van der Waals surface area contributed by atoms with Crippen LogP contribution in [-0.2, 0) is 0 Å². The van der Waals surface area contributed by atoms with Crippen LogP contribution in [0.2, 0.25) is 0 Å². The SMILES string of the molecule is CCC(C)CNC(=O)c1ccc(C(=O)N2CCC[C@@H]3CCCC[C@@H]32)cc1. The van der Waals surface area contributed by atoms with E-state index in [4.69, 9.17) is 0 Å². The lowest BCUT2D eigenvalue weighted by molar-refractivity contribution is 0.0390. The standard InChI is InChI=1S/C22H32N2O2/c1-3-16(2)15-23-21(25)18-10-12-19(13-11-18)22(26)24-14-6-8-17-7-4-5-9-20(17)24/h10-13,16-17,20H,3-9,14-15H2,1-2H3,(H,23,25)/t16?,17-,20-/m0/s1. The van der Waals surface area contributed by atoms with Crippen molar-refractivity contribution in [3.05, 3.63) is 35.4 Å². The third-order valence-electron chi connectivity index (χ3n) is 6.21. The minimum atomic E-state index is -0.0605. The molecule has 0 radical (unpaired) electrons. The number of hydrogen-bond acceptors (Lipinski definition) is 2. The van der Waals surface area contributed by atoms with Gasteiger partial charge in [0.15, 0.2) is 0 Å². The van der Waals surface area contributed by atoms with Gasteiger partial charge >= 0.3 is 0 Å². The summed E-state index contributed by atoms with van der Waals surface area (Å²) < 4.78 is 0. The summed E-state index contributed by atoms with van der Waals surface area (Å²) in [6, 6.07) is 7.60. The van der Waals surface area contributed by atoms with Gasteiger partial charge in [-0.25, -0.2) is 0 Å². The number of nitrogens with zero attached hydrogens (tertiary/aromatic N) is 1. The van der Waals surface area contributed by atoms with Crippen molar-refractivity contribution >= 4 is 11.8 Å². The number of nitrogens with one attached hydrogen (secondary N) is 1. The van der Waals surface area contributed by atoms with Crippen molar-refractivity contribution in [2.45, 2.75) is 64.8 Å². The molecule has 1 heterocycles. The number of rotatable bonds is 5. The number of benzene rings is 1. The summed E-state index contributed by atoms with van der Waals surface area (Å²) in [6.45, 7) is 5.80. The van der Waals surface area contributed by atoms with Crippen LogP contribution in [0.1, 0.15) is 79.5 Å². The van der Waals surface area contributed by atoms with E-state index < -0.39 is 0 Å². The molecule has 0 spiro atoms. The smallest absolute Gasteiger partial charge is 0.254 e. The minimum Gasteiger partial charge on any atom is -0.352 e. The molecule has 3 atom stereocenters. The third-order valence-corrected chi connectivity index (χ3v) is 6.21. The van der Waals surface area contributed by atoms with Crippen molar-refractivity contribution in [3.8, 4) is 0 Å². The predicted octanol–water partition coefficient (Wildman–Crippen LogP) is 4.26. The first-order valence-corrected chi connectivity index (χ1v) is 10.3. The summed E-state index contributed by atoms with van der Waals surface area (Å²) in [4.78, 5) is 27.3. The van der Waals surface area contributed by atoms with Crippen LogP contribution in [-0.4, -0.2) is 35.8 Å². The Bertz CT molecular complexity index is 624. The van der Waals surface area contributed by atoms with Crippen molar-refractivity contribution in [1.82, 2.24) is 10.2 Å². The van der Waals surface area contributed by atoms with Gasteiger partial charge in [-0.15, -0.1) is 0 Å². The zero-order chi connectivity index (χ0) is 18.5. The van der Waals surface area contributed by atoms with Gasteiger partial charge in [0.1, 0.15) is 0 Å². The van der Waals surface area contributed by atoms with Crippen LogP contribution in [0.25, 0.3) is 0 Å². The van der Waals surface area contributed by atoms with Crippen LogP contribution in [0.15, 0.2) is 24.3 Å². The average molecular weight is 357 g/mol. The zero-order valence-electron chi connectivity index (χ0n) is 16.2. The molecule has 1 aliphatic carbocycles. The summed E-state index contributed by atoms with van der Waals surface area (Å²) in [5.74, 6) is 1.23. The summed E-state index contributed by atoms with van der Waals surface area (Å²) in [6.07, 6.45) is 8.39. The summed E-state index contributed by atoms with van der Waals surface area (Å²) in [7, 11) is 0. The van der Waals surface area contributed by atoms with Crippen molar-refractivity contribution < 1.29 is 9.59 Å². The lowest BCUT2D eigenvalue weighted by atomic mass is 9.78. The van der Waals surface area contributed by atoms with E-state index in [0.717, 1.165) is 25.8 Å². The second kappa shape index (κ2) is 8.70. The van der Waals surface area contributed by atoms with Crippen LogP contribution < -0.4 is 5.32 Å². The number of fused-ring (bicyclic) bond motifs is 1. The number of carbonyl (C=O) groups excluding carboxylic acids is 2. The molecule has 2 amide bonds. The quantitative estimate of drug-likeness (QED) is 0.857. The molecule has 142 valence electrons. The van der Waals surface area contributed by atoms with E-state index in [1.165, 1.54) is 25.7 Å². The first-order chi connectivity index (χ1) is 12.6. The predicted molar refractivity (Wildman–Crippen MR) is 104 cm³/mol. The molecule has 1 saturated carbocycles. The highest BCUT2D eigenvalue weighted by Crippen LogP contribution is 2.35. The van der Waals surface area contributed by atoms with Gasteiger partial charge in [0.2, 0.25) is 0 Å². The van der Waals surface area contributed by atoms with E-state index >= 15 is 0 Å². The van der Waals surface area contributed by atoms with Crippen molar-refractivity contribution in [3.63, 3.8) is 0 Å². The van der Waals surface area contributed by atoms with Gasteiger partial charge in [0, 0.05) is 30.3 Å². The van der Waals surface area contributed by atoms with E-state index in [-0.39, 0.29) is 11.8 Å². The first-order valence-electron chi connectivity index (χ1n) is 10.3. The number of piperidine rings is 1. The molecule has 4 nitrogen and oxygen atoms in total. The molecule has 3 rings (SSSR count). The Morgan fingerprint density at radius 1 is 1.08 bits per heavy atom. The number of carbonyl (C=O) groups is 2. The third kappa shape index (κ3) is 4.28. The molecule has 4 heteroatoms. The fourth-order valence-corrected chi connectivity index (χ4v) is 4.32. The maximum Gasteiger partial charge on any atom is 0.254 e. The maximum atomic E-state index is 13.0. The van der Waals surface area contributed by atoms with E-state index in [1.807, 2.05) is 12.1 Å². The zero-order valence-corrected chi connectivity index (χ0v) is 16.2. The van der Waals surface area contributed by atoms with Crippen molar-refractivity contribution in [2.75, 3.05) is 13.1 Å². The maximum absolute atomic E-state index is 13.0. The largest absolute Gasteiger partial charge is 0.352 e. The highest BCUT2D eigenvalue weighted by molar-refractivity contribution is 5.98. The second-order valence-corrected chi connectivity index (χ2v) is 8.05. The molecule has 1 aliphatic heterocycles. The normalized spacial score (nSPS) is 23.8. The summed E-state index contributed by atoms with van der Waals surface area (Å²) >= 11 is 0. The molecule has 0 aromatic heterocycles. The number of likely N-dealkylation sites (tertiary alicyclic amines) is 1. The lowest BCUT2D eigenvalue weighted by Gasteiger charge is -2.44. The van der Waals surface area contributed by atoms with Gasteiger partial charge in [0.25, 0.3) is 11.8 Å². The van der Waals surface area contributed by atoms with Crippen LogP contribution in [0, 0.1) is 11.8 Å². The van der Waals surface area contributed by atoms with Crippen LogP contribution in [0.4, 0.5) is 0 Å². The van der Waals surface area contributed by atoms with Gasteiger partial charge in [-0.3, -0.25) is 9.59 Å². The van der Waals surface area contributed by atoms with E-state index in [0.29, 0.717) is 35.5 Å².